The van der Waals surface area contributed by atoms with Crippen molar-refractivity contribution in [2.24, 2.45) is 0 Å². The molecule has 2 heterocycles. The van der Waals surface area contributed by atoms with E-state index in [1.54, 1.807) is 10.4 Å². The van der Waals surface area contributed by atoms with E-state index < -0.39 is 15.6 Å². The highest BCUT2D eigenvalue weighted by Gasteiger charge is 2.32. The van der Waals surface area contributed by atoms with Gasteiger partial charge in [-0.3, -0.25) is 4.90 Å². The van der Waals surface area contributed by atoms with Crippen molar-refractivity contribution in [3.63, 3.8) is 0 Å². The van der Waals surface area contributed by atoms with Crippen molar-refractivity contribution >= 4 is 32.6 Å². The number of halogens is 1. The van der Waals surface area contributed by atoms with Crippen LogP contribution >= 0.6 is 11.6 Å². The Bertz CT molecular complexity index is 1380. The Morgan fingerprint density at radius 1 is 0.879 bits per heavy atom. The predicted molar refractivity (Wildman–Crippen MR) is 132 cm³/mol. The van der Waals surface area contributed by atoms with Gasteiger partial charge in [0, 0.05) is 49.2 Å². The molecule has 0 spiro atoms. The zero-order valence-corrected chi connectivity index (χ0v) is 21.2. The van der Waals surface area contributed by atoms with Crippen molar-refractivity contribution in [1.29, 1.82) is 0 Å². The van der Waals surface area contributed by atoms with Crippen LogP contribution in [0.25, 0.3) is 11.0 Å². The van der Waals surface area contributed by atoms with E-state index in [9.17, 15) is 13.2 Å². The molecule has 2 aromatic carbocycles. The van der Waals surface area contributed by atoms with Gasteiger partial charge in [0.15, 0.2) is 0 Å². The number of benzene rings is 2. The summed E-state index contributed by atoms with van der Waals surface area (Å²) in [4.78, 5) is 14.7. The van der Waals surface area contributed by atoms with Crippen LogP contribution in [-0.2, 0) is 16.6 Å². The summed E-state index contributed by atoms with van der Waals surface area (Å²) in [7, 11) is -3.59. The third-order valence-corrected chi connectivity index (χ3v) is 9.31. The molecule has 0 unspecified atom stereocenters. The third-order valence-electron chi connectivity index (χ3n) is 6.73. The zero-order valence-electron chi connectivity index (χ0n) is 19.7. The molecule has 0 amide bonds. The molecule has 0 bridgehead atoms. The maximum Gasteiger partial charge on any atom is 0.336 e. The highest BCUT2D eigenvalue weighted by molar-refractivity contribution is 7.89. The molecule has 0 aliphatic carbocycles. The van der Waals surface area contributed by atoms with Gasteiger partial charge >= 0.3 is 5.63 Å². The van der Waals surface area contributed by atoms with Crippen LogP contribution in [0.1, 0.15) is 33.4 Å². The second-order valence-corrected chi connectivity index (χ2v) is 11.2. The Labute approximate surface area is 199 Å². The topological polar surface area (TPSA) is 70.8 Å². The van der Waals surface area contributed by atoms with Crippen LogP contribution in [-0.4, -0.2) is 43.8 Å². The molecule has 0 saturated carbocycles. The summed E-state index contributed by atoms with van der Waals surface area (Å²) in [5.41, 5.74) is 5.40. The lowest BCUT2D eigenvalue weighted by molar-refractivity contribution is 0.182. The summed E-state index contributed by atoms with van der Waals surface area (Å²) < 4.78 is 34.0. The highest BCUT2D eigenvalue weighted by Crippen LogP contribution is 2.30. The van der Waals surface area contributed by atoms with E-state index in [0.717, 1.165) is 38.8 Å². The maximum atomic E-state index is 13.5. The lowest BCUT2D eigenvalue weighted by Gasteiger charge is -2.35. The molecule has 176 valence electrons. The molecule has 6 nitrogen and oxygen atoms in total. The van der Waals surface area contributed by atoms with Crippen LogP contribution in [0, 0.1) is 34.6 Å². The third kappa shape index (κ3) is 4.47. The monoisotopic (exact) mass is 488 g/mol. The SMILES string of the molecule is Cc1cc2oc(=O)cc(CN3CCN(S(=O)(=O)c4c(C)c(C)cc(C)c4C)CC3)c2cc1Cl. The van der Waals surface area contributed by atoms with Crippen LogP contribution in [0.4, 0.5) is 0 Å². The van der Waals surface area contributed by atoms with E-state index in [4.69, 9.17) is 16.0 Å². The lowest BCUT2D eigenvalue weighted by atomic mass is 10.0. The van der Waals surface area contributed by atoms with E-state index in [0.29, 0.717) is 48.2 Å². The summed E-state index contributed by atoms with van der Waals surface area (Å²) in [6.45, 7) is 12.0. The molecule has 1 saturated heterocycles. The van der Waals surface area contributed by atoms with Gasteiger partial charge in [0.1, 0.15) is 5.58 Å². The molecule has 1 aliphatic heterocycles. The van der Waals surface area contributed by atoms with Gasteiger partial charge in [0.05, 0.1) is 4.90 Å². The van der Waals surface area contributed by atoms with Crippen LogP contribution in [0.5, 0.6) is 0 Å². The number of rotatable bonds is 4. The summed E-state index contributed by atoms with van der Waals surface area (Å²) in [6, 6.07) is 7.15. The molecule has 33 heavy (non-hydrogen) atoms. The minimum absolute atomic E-state index is 0.396. The van der Waals surface area contributed by atoms with Crippen molar-refractivity contribution in [2.75, 3.05) is 26.2 Å². The van der Waals surface area contributed by atoms with Gasteiger partial charge in [-0.05, 0) is 80.1 Å². The van der Waals surface area contributed by atoms with E-state index >= 15 is 0 Å². The zero-order chi connectivity index (χ0) is 24.1. The van der Waals surface area contributed by atoms with Crippen molar-refractivity contribution in [3.05, 3.63) is 73.1 Å². The van der Waals surface area contributed by atoms with Crippen molar-refractivity contribution in [3.8, 4) is 0 Å². The van der Waals surface area contributed by atoms with Gasteiger partial charge in [-0.2, -0.15) is 4.31 Å². The van der Waals surface area contributed by atoms with Crippen molar-refractivity contribution in [2.45, 2.75) is 46.1 Å². The average molecular weight is 489 g/mol. The van der Waals surface area contributed by atoms with Crippen LogP contribution in [0.15, 0.2) is 38.4 Å². The Morgan fingerprint density at radius 2 is 1.48 bits per heavy atom. The van der Waals surface area contributed by atoms with Crippen molar-refractivity contribution in [1.82, 2.24) is 9.21 Å². The van der Waals surface area contributed by atoms with E-state index in [-0.39, 0.29) is 0 Å². The fourth-order valence-corrected chi connectivity index (χ4v) is 6.71. The average Bonchev–Trinajstić information content (AvgIpc) is 2.74. The number of hydrogen-bond donors (Lipinski definition) is 0. The van der Waals surface area contributed by atoms with Crippen LogP contribution < -0.4 is 5.63 Å². The second-order valence-electron chi connectivity index (χ2n) is 8.96. The fraction of sp³-hybridized carbons (Fsp3) is 0.400. The number of aryl methyl sites for hydroxylation is 3. The maximum absolute atomic E-state index is 13.5. The molecule has 1 aliphatic rings. The van der Waals surface area contributed by atoms with Gasteiger partial charge in [-0.15, -0.1) is 0 Å². The molecule has 8 heteroatoms. The number of nitrogens with zero attached hydrogens (tertiary/aromatic N) is 2. The van der Waals surface area contributed by atoms with Crippen LogP contribution in [0.3, 0.4) is 0 Å². The normalized spacial score (nSPS) is 15.9. The number of fused-ring (bicyclic) bond motifs is 1. The Kier molecular flexibility index (Phi) is 6.44. The Hall–Kier alpha value is -2.19. The first-order chi connectivity index (χ1) is 15.5. The molecule has 4 rings (SSSR count). The molecule has 3 aromatic rings. The first-order valence-corrected chi connectivity index (χ1v) is 12.8. The molecule has 0 radical (unpaired) electrons. The summed E-state index contributed by atoms with van der Waals surface area (Å²) in [5.74, 6) is 0. The molecule has 1 aromatic heterocycles. The number of sulfonamides is 1. The minimum atomic E-state index is -3.59. The van der Waals surface area contributed by atoms with Gasteiger partial charge in [-0.25, -0.2) is 13.2 Å². The van der Waals surface area contributed by atoms with E-state index in [1.807, 2.05) is 46.8 Å². The molecule has 0 N–H and O–H groups in total. The summed E-state index contributed by atoms with van der Waals surface area (Å²) in [6.07, 6.45) is 0. The van der Waals surface area contributed by atoms with Gasteiger partial charge < -0.3 is 4.42 Å². The number of hydrogen-bond acceptors (Lipinski definition) is 5. The molecular formula is C25H29ClN2O4S. The highest BCUT2D eigenvalue weighted by atomic mass is 35.5. The number of piperazine rings is 1. The van der Waals surface area contributed by atoms with Crippen LogP contribution in [0.2, 0.25) is 5.02 Å². The summed E-state index contributed by atoms with van der Waals surface area (Å²) in [5, 5.41) is 1.43. The molecular weight excluding hydrogens is 460 g/mol. The first-order valence-electron chi connectivity index (χ1n) is 11.0. The van der Waals surface area contributed by atoms with E-state index in [2.05, 4.69) is 4.90 Å². The summed E-state index contributed by atoms with van der Waals surface area (Å²) >= 11 is 6.31. The minimum Gasteiger partial charge on any atom is -0.423 e. The predicted octanol–water partition coefficient (Wildman–Crippen LogP) is 4.50. The van der Waals surface area contributed by atoms with Gasteiger partial charge in [0.2, 0.25) is 10.0 Å². The lowest BCUT2D eigenvalue weighted by Crippen LogP contribution is -2.48. The van der Waals surface area contributed by atoms with Crippen molar-refractivity contribution < 1.29 is 12.8 Å². The fourth-order valence-electron chi connectivity index (χ4n) is 4.54. The quantitative estimate of drug-likeness (QED) is 0.506. The molecule has 0 atom stereocenters. The van der Waals surface area contributed by atoms with Gasteiger partial charge in [-0.1, -0.05) is 17.7 Å². The Balaban J connectivity index is 1.56. The largest absolute Gasteiger partial charge is 0.423 e. The first kappa shape index (κ1) is 24.0. The Morgan fingerprint density at radius 3 is 2.09 bits per heavy atom. The molecule has 1 fully saturated rings. The van der Waals surface area contributed by atoms with E-state index in [1.165, 1.54) is 6.07 Å². The second kappa shape index (κ2) is 8.87. The smallest absolute Gasteiger partial charge is 0.336 e. The van der Waals surface area contributed by atoms with Gasteiger partial charge in [0.25, 0.3) is 0 Å². The standard InChI is InChI=1S/C25H29ClN2O4S/c1-15-10-16(2)19(5)25(18(15)4)33(30,31)28-8-6-27(7-9-28)14-20-12-24(29)32-23-11-17(3)22(26)13-21(20)23/h10-13H,6-9,14H2,1-5H3.